The Morgan fingerprint density at radius 3 is 2.62 bits per heavy atom. The monoisotopic (exact) mass is 353 g/mol. The molecule has 1 heterocycles. The molecule has 2 N–H and O–H groups in total. The maximum Gasteiger partial charge on any atom is 0.190 e. The van der Waals surface area contributed by atoms with E-state index >= 15 is 0 Å². The first-order valence-electron chi connectivity index (χ1n) is 7.31. The molecule has 0 aliphatic rings. The second kappa shape index (κ2) is 6.14. The molecule has 0 saturated heterocycles. The molecule has 0 bridgehead atoms. The standard InChI is InChI=1S/C18H12FN3S2/c19-13-7-3-4-8-14(13)20-17(23)22-18-21-16-12-6-2-1-5-11(12)9-10-15(16)24-18/h1-10H,(H2,20,21,22,23). The number of nitrogens with zero attached hydrogens (tertiary/aromatic N) is 1. The molecule has 24 heavy (non-hydrogen) atoms. The van der Waals surface area contributed by atoms with Crippen molar-refractivity contribution in [2.45, 2.75) is 0 Å². The van der Waals surface area contributed by atoms with Crippen molar-refractivity contribution in [2.75, 3.05) is 10.6 Å². The molecule has 0 aliphatic carbocycles. The van der Waals surface area contributed by atoms with Crippen molar-refractivity contribution < 1.29 is 4.39 Å². The van der Waals surface area contributed by atoms with Crippen molar-refractivity contribution in [2.24, 2.45) is 0 Å². The number of halogens is 1. The number of benzene rings is 3. The maximum atomic E-state index is 13.7. The highest BCUT2D eigenvalue weighted by Gasteiger charge is 2.09. The summed E-state index contributed by atoms with van der Waals surface area (Å²) in [6.45, 7) is 0. The summed E-state index contributed by atoms with van der Waals surface area (Å²) in [5, 5.41) is 9.12. The van der Waals surface area contributed by atoms with Gasteiger partial charge < -0.3 is 10.6 Å². The minimum absolute atomic E-state index is 0.309. The van der Waals surface area contributed by atoms with Gasteiger partial charge in [-0.25, -0.2) is 9.37 Å². The molecule has 0 radical (unpaired) electrons. The van der Waals surface area contributed by atoms with Gasteiger partial charge in [-0.2, -0.15) is 0 Å². The van der Waals surface area contributed by atoms with Crippen LogP contribution in [0.1, 0.15) is 0 Å². The molecule has 0 amide bonds. The summed E-state index contributed by atoms with van der Waals surface area (Å²) in [6.07, 6.45) is 0. The lowest BCUT2D eigenvalue weighted by atomic mass is 10.1. The summed E-state index contributed by atoms with van der Waals surface area (Å²) >= 11 is 6.77. The molecule has 3 aromatic carbocycles. The van der Waals surface area contributed by atoms with Crippen molar-refractivity contribution in [3.05, 3.63) is 66.5 Å². The number of para-hydroxylation sites is 1. The molecule has 4 rings (SSSR count). The number of thiazole rings is 1. The van der Waals surface area contributed by atoms with Crippen LogP contribution >= 0.6 is 23.6 Å². The summed E-state index contributed by atoms with van der Waals surface area (Å²) in [6, 6.07) is 18.6. The first-order valence-corrected chi connectivity index (χ1v) is 8.54. The number of thiocarbonyl (C=S) groups is 1. The van der Waals surface area contributed by atoms with Crippen molar-refractivity contribution >= 4 is 60.5 Å². The van der Waals surface area contributed by atoms with E-state index in [-0.39, 0.29) is 5.82 Å². The van der Waals surface area contributed by atoms with Gasteiger partial charge in [-0.15, -0.1) is 0 Å². The number of hydrogen-bond acceptors (Lipinski definition) is 3. The van der Waals surface area contributed by atoms with E-state index in [1.807, 2.05) is 18.2 Å². The SMILES string of the molecule is Fc1ccccc1NC(=S)Nc1nc2c(ccc3ccccc32)s1. The highest BCUT2D eigenvalue weighted by Crippen LogP contribution is 2.31. The van der Waals surface area contributed by atoms with Crippen molar-refractivity contribution in [1.29, 1.82) is 0 Å². The van der Waals surface area contributed by atoms with Gasteiger partial charge in [-0.1, -0.05) is 53.8 Å². The molecule has 6 heteroatoms. The normalized spacial score (nSPS) is 10.9. The molecule has 0 unspecified atom stereocenters. The number of anilines is 2. The molecule has 0 aliphatic heterocycles. The maximum absolute atomic E-state index is 13.7. The highest BCUT2D eigenvalue weighted by atomic mass is 32.1. The quantitative estimate of drug-likeness (QED) is 0.473. The molecule has 0 fully saturated rings. The number of fused-ring (bicyclic) bond motifs is 3. The largest absolute Gasteiger partial charge is 0.330 e. The fourth-order valence-corrected chi connectivity index (χ4v) is 3.69. The molecule has 1 aromatic heterocycles. The highest BCUT2D eigenvalue weighted by molar-refractivity contribution is 7.80. The van der Waals surface area contributed by atoms with Crippen LogP contribution in [0.5, 0.6) is 0 Å². The summed E-state index contributed by atoms with van der Waals surface area (Å²) in [7, 11) is 0. The summed E-state index contributed by atoms with van der Waals surface area (Å²) in [5.41, 5.74) is 1.27. The van der Waals surface area contributed by atoms with E-state index in [1.165, 1.54) is 17.4 Å². The predicted molar refractivity (Wildman–Crippen MR) is 103 cm³/mol. The van der Waals surface area contributed by atoms with Crippen LogP contribution in [0.3, 0.4) is 0 Å². The van der Waals surface area contributed by atoms with Crippen LogP contribution < -0.4 is 10.6 Å². The van der Waals surface area contributed by atoms with Gasteiger partial charge in [-0.05, 0) is 35.8 Å². The number of nitrogens with one attached hydrogen (secondary N) is 2. The Kier molecular flexibility index (Phi) is 3.84. The summed E-state index contributed by atoms with van der Waals surface area (Å²) in [5.74, 6) is -0.350. The Balaban J connectivity index is 1.62. The Morgan fingerprint density at radius 2 is 1.75 bits per heavy atom. The average Bonchev–Trinajstić information content (AvgIpc) is 3.00. The van der Waals surface area contributed by atoms with Gasteiger partial charge in [0.05, 0.1) is 15.9 Å². The lowest BCUT2D eigenvalue weighted by Crippen LogP contribution is -2.19. The lowest BCUT2D eigenvalue weighted by Gasteiger charge is -2.08. The minimum Gasteiger partial charge on any atom is -0.330 e. The molecule has 3 nitrogen and oxygen atoms in total. The van der Waals surface area contributed by atoms with E-state index in [0.29, 0.717) is 15.9 Å². The van der Waals surface area contributed by atoms with Crippen LogP contribution in [-0.4, -0.2) is 10.1 Å². The molecular formula is C18H12FN3S2. The number of hydrogen-bond donors (Lipinski definition) is 2. The zero-order valence-corrected chi connectivity index (χ0v) is 14.0. The second-order valence-corrected chi connectivity index (χ2v) is 6.65. The van der Waals surface area contributed by atoms with Gasteiger partial charge in [0.25, 0.3) is 0 Å². The smallest absolute Gasteiger partial charge is 0.190 e. The Bertz CT molecular complexity index is 1060. The first kappa shape index (κ1) is 15.0. The zero-order valence-electron chi connectivity index (χ0n) is 12.4. The van der Waals surface area contributed by atoms with Gasteiger partial charge in [0.1, 0.15) is 5.82 Å². The molecule has 0 atom stereocenters. The van der Waals surface area contributed by atoms with Crippen LogP contribution in [0.4, 0.5) is 15.2 Å². The third-order valence-corrected chi connectivity index (χ3v) is 4.77. The van der Waals surface area contributed by atoms with Crippen LogP contribution in [0.2, 0.25) is 0 Å². The van der Waals surface area contributed by atoms with Gasteiger partial charge in [-0.3, -0.25) is 0 Å². The third kappa shape index (κ3) is 2.81. The molecule has 0 saturated carbocycles. The van der Waals surface area contributed by atoms with E-state index in [9.17, 15) is 4.39 Å². The van der Waals surface area contributed by atoms with Gasteiger partial charge in [0.15, 0.2) is 10.2 Å². The van der Waals surface area contributed by atoms with E-state index < -0.39 is 0 Å². The fourth-order valence-electron chi connectivity index (χ4n) is 2.53. The topological polar surface area (TPSA) is 37.0 Å². The Labute approximate surface area is 147 Å². The zero-order chi connectivity index (χ0) is 16.5. The molecule has 4 aromatic rings. The van der Waals surface area contributed by atoms with Crippen molar-refractivity contribution in [3.63, 3.8) is 0 Å². The molecular weight excluding hydrogens is 341 g/mol. The lowest BCUT2D eigenvalue weighted by molar-refractivity contribution is 0.632. The van der Waals surface area contributed by atoms with Crippen LogP contribution in [0.25, 0.3) is 21.0 Å². The number of rotatable bonds is 2. The van der Waals surface area contributed by atoms with E-state index in [1.54, 1.807) is 18.2 Å². The van der Waals surface area contributed by atoms with Crippen LogP contribution in [-0.2, 0) is 0 Å². The van der Waals surface area contributed by atoms with Crippen molar-refractivity contribution in [3.8, 4) is 0 Å². The Morgan fingerprint density at radius 1 is 0.958 bits per heavy atom. The van der Waals surface area contributed by atoms with Crippen LogP contribution in [0.15, 0.2) is 60.7 Å². The van der Waals surface area contributed by atoms with Gasteiger partial charge >= 0.3 is 0 Å². The summed E-state index contributed by atoms with van der Waals surface area (Å²) < 4.78 is 14.7. The van der Waals surface area contributed by atoms with E-state index in [2.05, 4.69) is 33.8 Å². The second-order valence-electron chi connectivity index (χ2n) is 5.21. The minimum atomic E-state index is -0.350. The predicted octanol–water partition coefficient (Wildman–Crippen LogP) is 5.40. The number of aromatic nitrogens is 1. The summed E-state index contributed by atoms with van der Waals surface area (Å²) in [4.78, 5) is 4.63. The Hall–Kier alpha value is -2.57. The van der Waals surface area contributed by atoms with Crippen LogP contribution in [0, 0.1) is 5.82 Å². The van der Waals surface area contributed by atoms with Gasteiger partial charge in [0.2, 0.25) is 0 Å². The fraction of sp³-hybridized carbons (Fsp3) is 0. The third-order valence-electron chi connectivity index (χ3n) is 3.63. The van der Waals surface area contributed by atoms with E-state index in [4.69, 9.17) is 12.2 Å². The molecule has 118 valence electrons. The first-order chi connectivity index (χ1) is 11.7. The molecule has 0 spiro atoms. The average molecular weight is 353 g/mol. The van der Waals surface area contributed by atoms with Gasteiger partial charge in [0, 0.05) is 5.39 Å². The van der Waals surface area contributed by atoms with E-state index in [0.717, 1.165) is 21.0 Å². The van der Waals surface area contributed by atoms with Crippen molar-refractivity contribution in [1.82, 2.24) is 4.98 Å².